The number of urea groups is 1. The van der Waals surface area contributed by atoms with E-state index in [1.165, 1.54) is 4.31 Å². The maximum absolute atomic E-state index is 13.4. The molecule has 1 fully saturated rings. The van der Waals surface area contributed by atoms with E-state index < -0.39 is 27.5 Å². The number of nitrogens with one attached hydrogen (secondary N) is 1. The minimum atomic E-state index is -3.40. The van der Waals surface area contributed by atoms with Gasteiger partial charge in [0, 0.05) is 12.1 Å². The van der Waals surface area contributed by atoms with Crippen LogP contribution in [0.4, 0.5) is 10.5 Å². The zero-order chi connectivity index (χ0) is 23.4. The molecule has 1 saturated heterocycles. The highest BCUT2D eigenvalue weighted by Crippen LogP contribution is 2.40. The summed E-state index contributed by atoms with van der Waals surface area (Å²) in [6.07, 6.45) is 4.60. The number of rotatable bonds is 4. The second kappa shape index (κ2) is 7.69. The third-order valence-corrected chi connectivity index (χ3v) is 8.01. The number of benzene rings is 2. The van der Waals surface area contributed by atoms with Crippen molar-refractivity contribution in [1.82, 2.24) is 10.2 Å². The highest BCUT2D eigenvalue weighted by Gasteiger charge is 2.54. The lowest BCUT2D eigenvalue weighted by Gasteiger charge is -2.33. The van der Waals surface area contributed by atoms with Gasteiger partial charge in [0.05, 0.1) is 18.5 Å². The van der Waals surface area contributed by atoms with E-state index in [9.17, 15) is 22.8 Å². The van der Waals surface area contributed by atoms with Crippen LogP contribution < -0.4 is 9.62 Å². The Hall–Kier alpha value is -3.20. The monoisotopic (exact) mass is 467 g/mol. The molecule has 2 aromatic carbocycles. The van der Waals surface area contributed by atoms with E-state index in [1.807, 2.05) is 24.3 Å². The van der Waals surface area contributed by atoms with Gasteiger partial charge in [0.15, 0.2) is 5.78 Å². The van der Waals surface area contributed by atoms with E-state index in [0.717, 1.165) is 40.7 Å². The Balaban J connectivity index is 1.40. The lowest BCUT2D eigenvalue weighted by Crippen LogP contribution is -2.46. The summed E-state index contributed by atoms with van der Waals surface area (Å²) in [6.45, 7) is 0.0499. The summed E-state index contributed by atoms with van der Waals surface area (Å²) in [4.78, 5) is 40.3. The van der Waals surface area contributed by atoms with Crippen molar-refractivity contribution in [1.29, 1.82) is 0 Å². The Morgan fingerprint density at radius 3 is 2.61 bits per heavy atom. The first kappa shape index (κ1) is 21.6. The van der Waals surface area contributed by atoms with Gasteiger partial charge in [-0.05, 0) is 67.0 Å². The van der Waals surface area contributed by atoms with Gasteiger partial charge in [0.25, 0.3) is 5.91 Å². The number of hydrogen-bond acceptors (Lipinski definition) is 5. The van der Waals surface area contributed by atoms with Crippen molar-refractivity contribution in [2.24, 2.45) is 0 Å². The summed E-state index contributed by atoms with van der Waals surface area (Å²) in [5.74, 6) is -0.756. The summed E-state index contributed by atoms with van der Waals surface area (Å²) in [5.41, 5.74) is 2.43. The molecule has 0 bridgehead atoms. The molecule has 0 radical (unpaired) electrons. The van der Waals surface area contributed by atoms with Gasteiger partial charge in [-0.1, -0.05) is 24.3 Å². The van der Waals surface area contributed by atoms with Gasteiger partial charge in [-0.25, -0.2) is 13.2 Å². The molecule has 3 amide bonds. The van der Waals surface area contributed by atoms with E-state index in [1.54, 1.807) is 18.2 Å². The molecule has 172 valence electrons. The molecule has 1 aliphatic carbocycles. The molecule has 1 N–H and O–H groups in total. The van der Waals surface area contributed by atoms with Gasteiger partial charge in [0.2, 0.25) is 10.0 Å². The van der Waals surface area contributed by atoms with Crippen molar-refractivity contribution in [3.8, 4) is 0 Å². The summed E-state index contributed by atoms with van der Waals surface area (Å²) in [7, 11) is -3.40. The summed E-state index contributed by atoms with van der Waals surface area (Å²) < 4.78 is 25.5. The average molecular weight is 468 g/mol. The molecule has 33 heavy (non-hydrogen) atoms. The predicted molar refractivity (Wildman–Crippen MR) is 123 cm³/mol. The topological polar surface area (TPSA) is 104 Å². The molecule has 2 aliphatic heterocycles. The van der Waals surface area contributed by atoms with Gasteiger partial charge in [0.1, 0.15) is 5.54 Å². The predicted octanol–water partition coefficient (Wildman–Crippen LogP) is 2.37. The molecule has 0 unspecified atom stereocenters. The number of imide groups is 1. The van der Waals surface area contributed by atoms with Crippen molar-refractivity contribution >= 4 is 33.4 Å². The highest BCUT2D eigenvalue weighted by atomic mass is 32.2. The standard InChI is InChI=1S/C24H25N3O5S/c1-33(31,32)27-13-5-8-17-14-18(10-11-20(17)27)21(28)15-26-22(29)24(25-23(26)30)12-4-7-16-6-2-3-9-19(16)24/h2-3,6,9-11,14H,4-5,7-8,12-13,15H2,1H3,(H,25,30)/t24-/m1/s1. The first-order valence-electron chi connectivity index (χ1n) is 11.1. The van der Waals surface area contributed by atoms with Crippen LogP contribution in [0.3, 0.4) is 0 Å². The van der Waals surface area contributed by atoms with E-state index in [0.29, 0.717) is 37.1 Å². The molecule has 0 saturated carbocycles. The number of ketones is 1. The lowest BCUT2D eigenvalue weighted by molar-refractivity contribution is -0.131. The third kappa shape index (κ3) is 3.51. The second-order valence-corrected chi connectivity index (χ2v) is 10.8. The fraction of sp³-hybridized carbons (Fsp3) is 0.375. The van der Waals surface area contributed by atoms with E-state index in [2.05, 4.69) is 5.32 Å². The summed E-state index contributed by atoms with van der Waals surface area (Å²) >= 11 is 0. The maximum Gasteiger partial charge on any atom is 0.325 e. The van der Waals surface area contributed by atoms with Crippen molar-refractivity contribution in [2.75, 3.05) is 23.7 Å². The van der Waals surface area contributed by atoms with E-state index in [4.69, 9.17) is 0 Å². The van der Waals surface area contributed by atoms with Crippen LogP contribution in [-0.4, -0.2) is 50.4 Å². The first-order chi connectivity index (χ1) is 15.7. The van der Waals surface area contributed by atoms with Crippen LogP contribution >= 0.6 is 0 Å². The summed E-state index contributed by atoms with van der Waals surface area (Å²) in [6, 6.07) is 11.9. The number of carbonyl (C=O) groups excluding carboxylic acids is 3. The number of anilines is 1. The fourth-order valence-corrected chi connectivity index (χ4v) is 6.27. The van der Waals surface area contributed by atoms with Crippen LogP contribution in [0, 0.1) is 0 Å². The number of fused-ring (bicyclic) bond motifs is 3. The molecule has 1 spiro atoms. The molecule has 5 rings (SSSR count). The van der Waals surface area contributed by atoms with E-state index >= 15 is 0 Å². The van der Waals surface area contributed by atoms with Crippen LogP contribution in [0.15, 0.2) is 42.5 Å². The van der Waals surface area contributed by atoms with Gasteiger partial charge < -0.3 is 5.32 Å². The van der Waals surface area contributed by atoms with Gasteiger partial charge >= 0.3 is 6.03 Å². The Labute approximate surface area is 192 Å². The number of nitrogens with zero attached hydrogens (tertiary/aromatic N) is 2. The molecule has 1 atom stereocenters. The number of sulfonamides is 1. The first-order valence-corrected chi connectivity index (χ1v) is 12.9. The minimum Gasteiger partial charge on any atom is -0.319 e. The van der Waals surface area contributed by atoms with Crippen LogP contribution in [0.1, 0.15) is 46.3 Å². The van der Waals surface area contributed by atoms with Crippen LogP contribution in [0.25, 0.3) is 0 Å². The smallest absolute Gasteiger partial charge is 0.319 e. The zero-order valence-electron chi connectivity index (χ0n) is 18.3. The molecule has 3 aliphatic rings. The van der Waals surface area contributed by atoms with E-state index in [-0.39, 0.29) is 12.3 Å². The quantitative estimate of drug-likeness (QED) is 0.549. The van der Waals surface area contributed by atoms with Gasteiger partial charge in [-0.3, -0.25) is 18.8 Å². The Bertz CT molecular complexity index is 1290. The molecule has 8 nitrogen and oxygen atoms in total. The molecule has 9 heteroatoms. The number of hydrogen-bond donors (Lipinski definition) is 1. The Morgan fingerprint density at radius 2 is 1.82 bits per heavy atom. The van der Waals surface area contributed by atoms with Crippen molar-refractivity contribution in [3.05, 3.63) is 64.7 Å². The summed E-state index contributed by atoms with van der Waals surface area (Å²) in [5, 5.41) is 2.87. The molecular weight excluding hydrogens is 442 g/mol. The van der Waals surface area contributed by atoms with Crippen molar-refractivity contribution in [2.45, 2.75) is 37.6 Å². The second-order valence-electron chi connectivity index (χ2n) is 8.94. The normalized spacial score (nSPS) is 22.2. The third-order valence-electron chi connectivity index (χ3n) is 6.83. The van der Waals surface area contributed by atoms with Gasteiger partial charge in [-0.2, -0.15) is 0 Å². The van der Waals surface area contributed by atoms with Crippen LogP contribution in [0.5, 0.6) is 0 Å². The number of aryl methyl sites for hydroxylation is 2. The van der Waals surface area contributed by atoms with Gasteiger partial charge in [-0.15, -0.1) is 0 Å². The van der Waals surface area contributed by atoms with Crippen molar-refractivity contribution < 1.29 is 22.8 Å². The Morgan fingerprint density at radius 1 is 1.06 bits per heavy atom. The minimum absolute atomic E-state index is 0.356. The van der Waals surface area contributed by atoms with Crippen LogP contribution in [0.2, 0.25) is 0 Å². The Kier molecular flexibility index (Phi) is 5.04. The lowest BCUT2D eigenvalue weighted by atomic mass is 9.76. The molecule has 2 heterocycles. The van der Waals surface area contributed by atoms with Crippen molar-refractivity contribution in [3.63, 3.8) is 0 Å². The largest absolute Gasteiger partial charge is 0.325 e. The number of Topliss-reactive ketones (excluding diaryl/α,β-unsaturated/α-hetero) is 1. The number of carbonyl (C=O) groups is 3. The maximum atomic E-state index is 13.4. The average Bonchev–Trinajstić information content (AvgIpc) is 3.02. The van der Waals surface area contributed by atoms with Crippen LogP contribution in [-0.2, 0) is 33.2 Å². The SMILES string of the molecule is CS(=O)(=O)N1CCCc2cc(C(=O)CN3C(=O)N[C@@]4(CCCc5ccccc54)C3=O)ccc21. The molecular formula is C24H25N3O5S. The fourth-order valence-electron chi connectivity index (χ4n) is 5.27. The number of amides is 3. The molecule has 0 aromatic heterocycles. The highest BCUT2D eigenvalue weighted by molar-refractivity contribution is 7.92. The zero-order valence-corrected chi connectivity index (χ0v) is 19.2. The molecule has 2 aromatic rings.